The number of ether oxygens (including phenoxy) is 3. The number of carbonyl (C=O) groups is 4. The Balaban J connectivity index is 1.24. The first kappa shape index (κ1) is 40.7. The molecule has 3 aliphatic heterocycles. The number of sulfonamides is 1. The number of aromatic nitrogens is 2. The summed E-state index contributed by atoms with van der Waals surface area (Å²) in [6.45, 7) is 9.43. The van der Waals surface area contributed by atoms with Crippen molar-refractivity contribution < 1.29 is 41.8 Å². The Morgan fingerprint density at radius 1 is 1.07 bits per heavy atom. The molecular weight excluding hydrogens is 753 g/mol. The lowest BCUT2D eigenvalue weighted by atomic mass is 9.65. The number of rotatable bonds is 6. The van der Waals surface area contributed by atoms with Gasteiger partial charge in [-0.05, 0) is 83.1 Å². The van der Waals surface area contributed by atoms with E-state index in [0.29, 0.717) is 79.7 Å². The smallest absolute Gasteiger partial charge is 0.407 e. The summed E-state index contributed by atoms with van der Waals surface area (Å²) in [7, 11) is -2.47. The van der Waals surface area contributed by atoms with Crippen LogP contribution in [0.3, 0.4) is 0 Å². The maximum Gasteiger partial charge on any atom is 0.407 e. The first-order valence-electron chi connectivity index (χ1n) is 20.2. The van der Waals surface area contributed by atoms with Crippen molar-refractivity contribution in [2.24, 2.45) is 11.3 Å². The van der Waals surface area contributed by atoms with Crippen molar-refractivity contribution in [2.75, 3.05) is 20.3 Å². The number of nitrogens with zero attached hydrogens (tertiary/aromatic N) is 3. The molecule has 2 aliphatic carbocycles. The Morgan fingerprint density at radius 3 is 2.53 bits per heavy atom. The molecule has 15 nitrogen and oxygen atoms in total. The molecule has 0 aromatic carbocycles. The number of fused-ring (bicyclic) bond motifs is 5. The average Bonchev–Trinajstić information content (AvgIpc) is 3.82. The number of nitrogens with one attached hydrogen (secondary N) is 3. The summed E-state index contributed by atoms with van der Waals surface area (Å²) in [5.41, 5.74) is -0.0375. The van der Waals surface area contributed by atoms with E-state index in [2.05, 4.69) is 20.3 Å². The van der Waals surface area contributed by atoms with Crippen LogP contribution in [-0.2, 0) is 35.6 Å². The fourth-order valence-corrected chi connectivity index (χ4v) is 9.80. The van der Waals surface area contributed by atoms with Crippen LogP contribution < -0.4 is 24.8 Å². The summed E-state index contributed by atoms with van der Waals surface area (Å²) >= 11 is 0. The molecule has 4 amide bonds. The minimum absolute atomic E-state index is 0.0247. The molecule has 2 aromatic rings. The van der Waals surface area contributed by atoms with Gasteiger partial charge in [-0.1, -0.05) is 45.8 Å². The van der Waals surface area contributed by atoms with Gasteiger partial charge < -0.3 is 29.7 Å². The predicted molar refractivity (Wildman–Crippen MR) is 211 cm³/mol. The number of hydrogen-bond acceptors (Lipinski definition) is 11. The van der Waals surface area contributed by atoms with Crippen LogP contribution in [0.15, 0.2) is 24.3 Å². The summed E-state index contributed by atoms with van der Waals surface area (Å²) in [5, 5.41) is 5.81. The number of allylic oxidation sites excluding steroid dienone is 1. The number of pyridine rings is 2. The molecular formula is C41H56N6O9S. The van der Waals surface area contributed by atoms with Gasteiger partial charge in [-0.15, -0.1) is 0 Å². The third kappa shape index (κ3) is 8.02. The second-order valence-corrected chi connectivity index (χ2v) is 20.3. The van der Waals surface area contributed by atoms with Crippen molar-refractivity contribution in [2.45, 2.75) is 140 Å². The van der Waals surface area contributed by atoms with E-state index in [-0.39, 0.29) is 31.4 Å². The molecule has 57 heavy (non-hydrogen) atoms. The number of methoxy groups -OCH3 is 1. The summed E-state index contributed by atoms with van der Waals surface area (Å²) in [4.78, 5) is 67.9. The third-order valence-electron chi connectivity index (χ3n) is 12.4. The Hall–Kier alpha value is -4.47. The van der Waals surface area contributed by atoms with Crippen LogP contribution in [0.4, 0.5) is 4.79 Å². The highest BCUT2D eigenvalue weighted by Crippen LogP contribution is 2.47. The lowest BCUT2D eigenvalue weighted by molar-refractivity contribution is -0.144. The zero-order chi connectivity index (χ0) is 41.0. The van der Waals surface area contributed by atoms with Crippen molar-refractivity contribution >= 4 is 44.9 Å². The number of amides is 4. The van der Waals surface area contributed by atoms with Gasteiger partial charge in [0.15, 0.2) is 0 Å². The van der Waals surface area contributed by atoms with Crippen molar-refractivity contribution in [3.05, 3.63) is 35.5 Å². The number of alkyl carbamates (subject to hydrolysis) is 1. The quantitative estimate of drug-likeness (QED) is 0.347. The van der Waals surface area contributed by atoms with Crippen LogP contribution in [-0.4, -0.2) is 95.3 Å². The van der Waals surface area contributed by atoms with Crippen LogP contribution in [0.25, 0.3) is 11.0 Å². The van der Waals surface area contributed by atoms with Gasteiger partial charge in [0.1, 0.15) is 29.0 Å². The molecule has 5 aliphatic rings. The molecule has 5 unspecified atom stereocenters. The zero-order valence-electron chi connectivity index (χ0n) is 33.9. The van der Waals surface area contributed by atoms with Crippen molar-refractivity contribution in [1.82, 2.24) is 30.2 Å². The van der Waals surface area contributed by atoms with Gasteiger partial charge >= 0.3 is 6.09 Å². The average molecular weight is 809 g/mol. The highest BCUT2D eigenvalue weighted by atomic mass is 32.2. The van der Waals surface area contributed by atoms with E-state index in [4.69, 9.17) is 19.2 Å². The van der Waals surface area contributed by atoms with Crippen LogP contribution in [0.1, 0.15) is 110 Å². The van der Waals surface area contributed by atoms with Crippen LogP contribution in [0.2, 0.25) is 0 Å². The molecule has 0 radical (unpaired) electrons. The minimum atomic E-state index is -4.01. The van der Waals surface area contributed by atoms with E-state index in [1.165, 1.54) is 4.90 Å². The van der Waals surface area contributed by atoms with Gasteiger partial charge in [0.2, 0.25) is 27.7 Å². The van der Waals surface area contributed by atoms with Gasteiger partial charge in [-0.2, -0.15) is 0 Å². The molecule has 7 rings (SSSR count). The fourth-order valence-electron chi connectivity index (χ4n) is 8.48. The SMILES string of the molecule is COc1ccc2nc(C)c3c(c2n1)CCC1(CC2C(=O)NC4(C(=O)NS(=O)(=O)C5(C)CC5)CCC4C=CCCCCCC(NC(=O)OCC(C)(C)C)C(=O)N2C1)O3. The normalized spacial score (nSPS) is 28.7. The summed E-state index contributed by atoms with van der Waals surface area (Å²) in [5.74, 6) is -1.32. The van der Waals surface area contributed by atoms with Crippen molar-refractivity contribution in [1.29, 1.82) is 0 Å². The molecule has 5 heterocycles. The minimum Gasteiger partial charge on any atom is -0.483 e. The van der Waals surface area contributed by atoms with Crippen molar-refractivity contribution in [3.63, 3.8) is 0 Å². The van der Waals surface area contributed by atoms with E-state index < -0.39 is 67.7 Å². The Morgan fingerprint density at radius 2 is 1.84 bits per heavy atom. The standard InChI is InChI=1S/C41H56N6O9S/c1-25-33-27(32-28(42-25)14-15-31(44-32)54-6)17-18-40(56-33)22-30-34(48)45-41(36(50)46-57(52,53)39(5)20-21-39)19-16-26(41)12-10-8-7-9-11-13-29(35(49)47(30)23-40)43-37(51)55-24-38(2,3)4/h10,12,14-15,26,29-30H,7-9,11,13,16-24H2,1-6H3,(H,43,51)(H,45,48)(H,46,50). The molecule has 2 saturated carbocycles. The van der Waals surface area contributed by atoms with Gasteiger partial charge in [-0.25, -0.2) is 23.2 Å². The first-order valence-corrected chi connectivity index (χ1v) is 21.7. The largest absolute Gasteiger partial charge is 0.483 e. The van der Waals surface area contributed by atoms with E-state index >= 15 is 0 Å². The van der Waals surface area contributed by atoms with E-state index in [9.17, 15) is 27.6 Å². The summed E-state index contributed by atoms with van der Waals surface area (Å²) < 4.78 is 45.7. The molecule has 16 heteroatoms. The molecule has 3 N–H and O–H groups in total. The zero-order valence-corrected chi connectivity index (χ0v) is 34.7. The Bertz CT molecular complexity index is 2100. The maximum absolute atomic E-state index is 14.8. The lowest BCUT2D eigenvalue weighted by Gasteiger charge is -2.48. The molecule has 5 atom stereocenters. The van der Waals surface area contributed by atoms with E-state index in [1.807, 2.05) is 45.9 Å². The molecule has 1 spiro atoms. The topological polar surface area (TPSA) is 195 Å². The second kappa shape index (κ2) is 15.0. The van der Waals surface area contributed by atoms with Crippen LogP contribution in [0, 0.1) is 18.3 Å². The van der Waals surface area contributed by atoms with Gasteiger partial charge in [0.05, 0.1) is 41.7 Å². The van der Waals surface area contributed by atoms with Crippen molar-refractivity contribution in [3.8, 4) is 11.6 Å². The molecule has 3 fully saturated rings. The fraction of sp³-hybridized carbons (Fsp3) is 0.659. The van der Waals surface area contributed by atoms with Gasteiger partial charge in [0.25, 0.3) is 5.91 Å². The van der Waals surface area contributed by atoms with E-state index in [0.717, 1.165) is 18.4 Å². The number of hydrogen-bond donors (Lipinski definition) is 3. The highest BCUT2D eigenvalue weighted by molar-refractivity contribution is 7.91. The van der Waals surface area contributed by atoms with Crippen LogP contribution >= 0.6 is 0 Å². The van der Waals surface area contributed by atoms with E-state index in [1.54, 1.807) is 20.1 Å². The molecule has 0 bridgehead atoms. The molecule has 1 saturated heterocycles. The van der Waals surface area contributed by atoms with Gasteiger partial charge in [0, 0.05) is 24.0 Å². The third-order valence-corrected chi connectivity index (χ3v) is 14.6. The number of carbonyl (C=O) groups excluding carboxylic acids is 4. The summed E-state index contributed by atoms with van der Waals surface area (Å²) in [6, 6.07) is 1.48. The van der Waals surface area contributed by atoms with Gasteiger partial charge in [-0.3, -0.25) is 19.1 Å². The number of aryl methyl sites for hydroxylation is 2. The summed E-state index contributed by atoms with van der Waals surface area (Å²) in [6.07, 6.45) is 9.08. The maximum atomic E-state index is 14.8. The molecule has 2 aromatic heterocycles. The second-order valence-electron chi connectivity index (χ2n) is 18.1. The first-order chi connectivity index (χ1) is 26.9. The molecule has 310 valence electrons. The highest BCUT2D eigenvalue weighted by Gasteiger charge is 2.59. The van der Waals surface area contributed by atoms with Crippen LogP contribution in [0.5, 0.6) is 11.6 Å². The predicted octanol–water partition coefficient (Wildman–Crippen LogP) is 4.54. The Labute approximate surface area is 334 Å². The Kier molecular flexibility index (Phi) is 10.7. The monoisotopic (exact) mass is 808 g/mol. The lowest BCUT2D eigenvalue weighted by Crippen LogP contribution is -2.70.